The van der Waals surface area contributed by atoms with Crippen molar-refractivity contribution in [2.75, 3.05) is 43.1 Å². The van der Waals surface area contributed by atoms with Gasteiger partial charge in [0.05, 0.1) is 12.8 Å². The summed E-state index contributed by atoms with van der Waals surface area (Å²) in [6.45, 7) is 3.31. The highest BCUT2D eigenvalue weighted by Gasteiger charge is 2.20. The quantitative estimate of drug-likeness (QED) is 0.704. The molecule has 0 aliphatic carbocycles. The van der Waals surface area contributed by atoms with E-state index in [4.69, 9.17) is 4.74 Å². The minimum Gasteiger partial charge on any atom is -0.481 e. The maximum absolute atomic E-state index is 5.17. The number of ether oxygens (including phenoxy) is 1. The molecule has 0 atom stereocenters. The minimum absolute atomic E-state index is 0.578. The van der Waals surface area contributed by atoms with Crippen LogP contribution in [0.4, 0.5) is 11.8 Å². The van der Waals surface area contributed by atoms with Crippen LogP contribution in [0.2, 0.25) is 0 Å². The van der Waals surface area contributed by atoms with Crippen LogP contribution in [-0.2, 0) is 0 Å². The highest BCUT2D eigenvalue weighted by molar-refractivity contribution is 5.58. The second-order valence-electron chi connectivity index (χ2n) is 5.89. The summed E-state index contributed by atoms with van der Waals surface area (Å²) >= 11 is 0. The van der Waals surface area contributed by atoms with Gasteiger partial charge < -0.3 is 14.5 Å². The van der Waals surface area contributed by atoms with E-state index in [-0.39, 0.29) is 0 Å². The Morgan fingerprint density at radius 2 is 1.77 bits per heavy atom. The van der Waals surface area contributed by atoms with Gasteiger partial charge in [0.15, 0.2) is 5.82 Å². The van der Waals surface area contributed by atoms with Crippen LogP contribution in [0.15, 0.2) is 48.9 Å². The van der Waals surface area contributed by atoms with E-state index in [2.05, 4.69) is 34.9 Å². The lowest BCUT2D eigenvalue weighted by atomic mass is 10.2. The molecule has 1 fully saturated rings. The Hall–Kier alpha value is -3.29. The molecular weight excluding hydrogens is 330 g/mol. The number of hydrogen-bond acceptors (Lipinski definition) is 8. The summed E-state index contributed by atoms with van der Waals surface area (Å²) in [5, 5.41) is 8.72. The molecule has 3 aromatic heterocycles. The molecule has 0 radical (unpaired) electrons. The fraction of sp³-hybridized carbons (Fsp3) is 0.278. The van der Waals surface area contributed by atoms with Crippen molar-refractivity contribution in [3.05, 3.63) is 48.9 Å². The molecule has 26 heavy (non-hydrogen) atoms. The van der Waals surface area contributed by atoms with Crippen LogP contribution in [0, 0.1) is 0 Å². The molecule has 4 heterocycles. The van der Waals surface area contributed by atoms with Gasteiger partial charge in [-0.3, -0.25) is 4.98 Å². The van der Waals surface area contributed by atoms with Crippen molar-refractivity contribution in [3.63, 3.8) is 0 Å². The van der Waals surface area contributed by atoms with Gasteiger partial charge in [0.2, 0.25) is 11.8 Å². The van der Waals surface area contributed by atoms with E-state index < -0.39 is 0 Å². The lowest BCUT2D eigenvalue weighted by molar-refractivity contribution is 0.396. The van der Waals surface area contributed by atoms with Gasteiger partial charge in [0, 0.05) is 56.4 Å². The summed E-state index contributed by atoms with van der Waals surface area (Å²) in [5.74, 6) is 2.15. The molecule has 1 aliphatic heterocycles. The predicted octanol–water partition coefficient (Wildman–Crippen LogP) is 1.66. The van der Waals surface area contributed by atoms with E-state index >= 15 is 0 Å². The predicted molar refractivity (Wildman–Crippen MR) is 98.3 cm³/mol. The van der Waals surface area contributed by atoms with E-state index in [1.807, 2.05) is 24.3 Å². The first-order valence-corrected chi connectivity index (χ1v) is 8.44. The average molecular weight is 349 g/mol. The van der Waals surface area contributed by atoms with Gasteiger partial charge in [-0.05, 0) is 24.3 Å². The van der Waals surface area contributed by atoms with Crippen molar-refractivity contribution < 1.29 is 4.74 Å². The molecule has 1 saturated heterocycles. The Labute approximate surface area is 151 Å². The van der Waals surface area contributed by atoms with Gasteiger partial charge in [0.1, 0.15) is 0 Å². The Kier molecular flexibility index (Phi) is 4.55. The lowest BCUT2D eigenvalue weighted by Gasteiger charge is -2.35. The van der Waals surface area contributed by atoms with E-state index in [9.17, 15) is 0 Å². The van der Waals surface area contributed by atoms with Crippen LogP contribution in [0.5, 0.6) is 5.88 Å². The van der Waals surface area contributed by atoms with Crippen LogP contribution in [0.25, 0.3) is 11.3 Å². The van der Waals surface area contributed by atoms with Crippen LogP contribution >= 0.6 is 0 Å². The van der Waals surface area contributed by atoms with E-state index in [0.29, 0.717) is 11.8 Å². The van der Waals surface area contributed by atoms with E-state index in [0.717, 1.165) is 43.3 Å². The number of methoxy groups -OCH3 is 1. The second kappa shape index (κ2) is 7.30. The molecule has 0 N–H and O–H groups in total. The highest BCUT2D eigenvalue weighted by atomic mass is 16.5. The topological polar surface area (TPSA) is 80.2 Å². The number of aromatic nitrogens is 5. The maximum atomic E-state index is 5.17. The molecule has 0 amide bonds. The number of hydrogen-bond donors (Lipinski definition) is 0. The Bertz CT molecular complexity index is 849. The molecule has 8 nitrogen and oxygen atoms in total. The van der Waals surface area contributed by atoms with E-state index in [1.165, 1.54) is 0 Å². The largest absolute Gasteiger partial charge is 0.481 e. The number of rotatable bonds is 4. The molecule has 0 unspecified atom stereocenters. The summed E-state index contributed by atoms with van der Waals surface area (Å²) in [4.78, 5) is 17.2. The van der Waals surface area contributed by atoms with Gasteiger partial charge in [-0.15, -0.1) is 10.2 Å². The SMILES string of the molecule is COc1ccnc(N2CCN(c3ccc(-c4cccnc4)nn3)CC2)n1. The normalized spacial score (nSPS) is 14.3. The summed E-state index contributed by atoms with van der Waals surface area (Å²) in [6.07, 6.45) is 5.25. The van der Waals surface area contributed by atoms with Crippen LogP contribution in [-0.4, -0.2) is 58.4 Å². The zero-order valence-corrected chi connectivity index (χ0v) is 14.5. The minimum atomic E-state index is 0.578. The summed E-state index contributed by atoms with van der Waals surface area (Å²) in [7, 11) is 1.61. The number of piperazine rings is 1. The lowest BCUT2D eigenvalue weighted by Crippen LogP contribution is -2.47. The first-order chi connectivity index (χ1) is 12.8. The summed E-state index contributed by atoms with van der Waals surface area (Å²) in [5.41, 5.74) is 1.79. The Balaban J connectivity index is 1.41. The first kappa shape index (κ1) is 16.2. The van der Waals surface area contributed by atoms with Crippen molar-refractivity contribution in [1.82, 2.24) is 25.1 Å². The molecule has 4 rings (SSSR count). The molecule has 0 spiro atoms. The van der Waals surface area contributed by atoms with Crippen molar-refractivity contribution in [1.29, 1.82) is 0 Å². The van der Waals surface area contributed by atoms with Crippen LogP contribution in [0.3, 0.4) is 0 Å². The van der Waals surface area contributed by atoms with Crippen molar-refractivity contribution in [2.45, 2.75) is 0 Å². The molecule has 3 aromatic rings. The Morgan fingerprint density at radius 1 is 0.923 bits per heavy atom. The fourth-order valence-electron chi connectivity index (χ4n) is 2.90. The van der Waals surface area contributed by atoms with E-state index in [1.54, 1.807) is 31.8 Å². The van der Waals surface area contributed by atoms with Gasteiger partial charge in [-0.1, -0.05) is 0 Å². The van der Waals surface area contributed by atoms with Gasteiger partial charge >= 0.3 is 0 Å². The summed E-state index contributed by atoms with van der Waals surface area (Å²) < 4.78 is 5.17. The zero-order chi connectivity index (χ0) is 17.8. The van der Waals surface area contributed by atoms with Crippen molar-refractivity contribution >= 4 is 11.8 Å². The molecule has 132 valence electrons. The average Bonchev–Trinajstić information content (AvgIpc) is 2.75. The second-order valence-corrected chi connectivity index (χ2v) is 5.89. The molecule has 0 aromatic carbocycles. The standard InChI is InChI=1S/C18H19N7O/c1-26-17-6-8-20-18(21-17)25-11-9-24(10-12-25)16-5-4-15(22-23-16)14-3-2-7-19-13-14/h2-8,13H,9-12H2,1H3. The first-order valence-electron chi connectivity index (χ1n) is 8.44. The summed E-state index contributed by atoms with van der Waals surface area (Å²) in [6, 6.07) is 9.61. The molecule has 8 heteroatoms. The zero-order valence-electron chi connectivity index (χ0n) is 14.5. The van der Waals surface area contributed by atoms with Gasteiger partial charge in [-0.2, -0.15) is 4.98 Å². The Morgan fingerprint density at radius 3 is 2.46 bits per heavy atom. The van der Waals surface area contributed by atoms with Crippen molar-refractivity contribution in [3.8, 4) is 17.1 Å². The maximum Gasteiger partial charge on any atom is 0.228 e. The molecule has 1 aliphatic rings. The molecular formula is C18H19N7O. The van der Waals surface area contributed by atoms with Crippen LogP contribution < -0.4 is 14.5 Å². The smallest absolute Gasteiger partial charge is 0.228 e. The molecule has 0 saturated carbocycles. The number of anilines is 2. The number of nitrogens with zero attached hydrogens (tertiary/aromatic N) is 7. The molecule has 0 bridgehead atoms. The third-order valence-electron chi connectivity index (χ3n) is 4.32. The van der Waals surface area contributed by atoms with Crippen molar-refractivity contribution in [2.24, 2.45) is 0 Å². The van der Waals surface area contributed by atoms with Crippen LogP contribution in [0.1, 0.15) is 0 Å². The monoisotopic (exact) mass is 349 g/mol. The van der Waals surface area contributed by atoms with Gasteiger partial charge in [-0.25, -0.2) is 4.98 Å². The fourth-order valence-corrected chi connectivity index (χ4v) is 2.90. The van der Waals surface area contributed by atoms with Gasteiger partial charge in [0.25, 0.3) is 0 Å². The highest BCUT2D eigenvalue weighted by Crippen LogP contribution is 2.20. The third kappa shape index (κ3) is 3.39. The third-order valence-corrected chi connectivity index (χ3v) is 4.32. The number of pyridine rings is 1.